The number of methoxy groups -OCH3 is 1. The predicted molar refractivity (Wildman–Crippen MR) is 56.1 cm³/mol. The summed E-state index contributed by atoms with van der Waals surface area (Å²) in [5.41, 5.74) is -0.0759. The molecule has 2 nitrogen and oxygen atoms in total. The Labute approximate surface area is 84.4 Å². The maximum Gasteiger partial charge on any atom is 0.146 e. The number of ether oxygens (including phenoxy) is 1. The van der Waals surface area contributed by atoms with Gasteiger partial charge in [0.1, 0.15) is 5.78 Å². The van der Waals surface area contributed by atoms with Crippen molar-refractivity contribution in [1.82, 2.24) is 0 Å². The normalized spacial score (nSPS) is 23.9. The van der Waals surface area contributed by atoms with Crippen molar-refractivity contribution in [3.63, 3.8) is 0 Å². The molecule has 1 aliphatic heterocycles. The van der Waals surface area contributed by atoms with Crippen LogP contribution in [-0.4, -0.2) is 30.0 Å². The molecule has 0 saturated carbocycles. The monoisotopic (exact) mass is 202 g/mol. The third kappa shape index (κ3) is 3.31. The van der Waals surface area contributed by atoms with Gasteiger partial charge in [-0.3, -0.25) is 4.79 Å². The second-order valence-electron chi connectivity index (χ2n) is 4.18. The van der Waals surface area contributed by atoms with Gasteiger partial charge in [0.25, 0.3) is 0 Å². The van der Waals surface area contributed by atoms with Crippen LogP contribution in [-0.2, 0) is 9.53 Å². The van der Waals surface area contributed by atoms with Crippen LogP contribution in [0.5, 0.6) is 0 Å². The fraction of sp³-hybridized carbons (Fsp3) is 0.900. The zero-order chi connectivity index (χ0) is 9.90. The van der Waals surface area contributed by atoms with Crippen molar-refractivity contribution < 1.29 is 9.53 Å². The van der Waals surface area contributed by atoms with Gasteiger partial charge in [0.2, 0.25) is 0 Å². The minimum absolute atomic E-state index is 0.0759. The van der Waals surface area contributed by atoms with Crippen LogP contribution in [0.4, 0.5) is 0 Å². The van der Waals surface area contributed by atoms with Crippen LogP contribution < -0.4 is 0 Å². The summed E-state index contributed by atoms with van der Waals surface area (Å²) < 4.78 is 5.31. The highest BCUT2D eigenvalue weighted by Gasteiger charge is 2.27. The predicted octanol–water partition coefficient (Wildman–Crippen LogP) is 2.12. The molecule has 1 atom stereocenters. The highest BCUT2D eigenvalue weighted by molar-refractivity contribution is 8.00. The van der Waals surface area contributed by atoms with E-state index in [1.54, 1.807) is 18.9 Å². The molecular formula is C10H18O2S. The van der Waals surface area contributed by atoms with E-state index in [2.05, 4.69) is 13.8 Å². The average Bonchev–Trinajstić information content (AvgIpc) is 2.48. The Morgan fingerprint density at radius 3 is 2.77 bits per heavy atom. The second-order valence-corrected chi connectivity index (χ2v) is 5.21. The van der Waals surface area contributed by atoms with Crippen molar-refractivity contribution in [2.24, 2.45) is 5.92 Å². The molecule has 0 aliphatic carbocycles. The van der Waals surface area contributed by atoms with E-state index >= 15 is 0 Å². The van der Waals surface area contributed by atoms with Gasteiger partial charge < -0.3 is 4.74 Å². The molecule has 0 radical (unpaired) electrons. The minimum atomic E-state index is -0.0759. The smallest absolute Gasteiger partial charge is 0.146 e. The van der Waals surface area contributed by atoms with Crippen LogP contribution in [0.1, 0.15) is 26.7 Å². The van der Waals surface area contributed by atoms with Gasteiger partial charge in [-0.2, -0.15) is 11.8 Å². The lowest BCUT2D eigenvalue weighted by Crippen LogP contribution is -2.24. The quantitative estimate of drug-likeness (QED) is 0.698. The fourth-order valence-electron chi connectivity index (χ4n) is 1.38. The fourth-order valence-corrected chi connectivity index (χ4v) is 2.57. The molecule has 0 bridgehead atoms. The van der Waals surface area contributed by atoms with Gasteiger partial charge in [-0.25, -0.2) is 0 Å². The maximum absolute atomic E-state index is 11.3. The molecule has 13 heavy (non-hydrogen) atoms. The molecule has 0 N–H and O–H groups in total. The van der Waals surface area contributed by atoms with Crippen molar-refractivity contribution in [3.8, 4) is 0 Å². The first-order chi connectivity index (χ1) is 6.05. The van der Waals surface area contributed by atoms with E-state index in [9.17, 15) is 4.79 Å². The molecule has 0 aromatic rings. The summed E-state index contributed by atoms with van der Waals surface area (Å²) in [5, 5.41) is 0. The summed E-state index contributed by atoms with van der Waals surface area (Å²) in [4.78, 5) is 11.3. The third-order valence-electron chi connectivity index (χ3n) is 2.67. The number of Topliss-reactive ketones (excluding diaryl/α,β-unsaturated/α-hetero) is 1. The highest BCUT2D eigenvalue weighted by atomic mass is 32.2. The Balaban J connectivity index is 2.29. The topological polar surface area (TPSA) is 26.3 Å². The Kier molecular flexibility index (Phi) is 3.80. The van der Waals surface area contributed by atoms with Crippen LogP contribution in [0.25, 0.3) is 0 Å². The zero-order valence-electron chi connectivity index (χ0n) is 8.63. The number of hydrogen-bond donors (Lipinski definition) is 0. The first kappa shape index (κ1) is 11.1. The molecule has 1 fully saturated rings. The van der Waals surface area contributed by atoms with Gasteiger partial charge in [-0.1, -0.05) is 0 Å². The molecule has 1 unspecified atom stereocenters. The second kappa shape index (κ2) is 4.47. The van der Waals surface area contributed by atoms with Crippen molar-refractivity contribution in [2.75, 3.05) is 18.6 Å². The lowest BCUT2D eigenvalue weighted by atomic mass is 9.94. The Bertz CT molecular complexity index is 189. The molecular weight excluding hydrogens is 184 g/mol. The Hall–Kier alpha value is -0.0200. The van der Waals surface area contributed by atoms with Crippen molar-refractivity contribution in [1.29, 1.82) is 0 Å². The van der Waals surface area contributed by atoms with Crippen LogP contribution in [0.15, 0.2) is 0 Å². The minimum Gasteiger partial charge on any atom is -0.379 e. The average molecular weight is 202 g/mol. The summed E-state index contributed by atoms with van der Waals surface area (Å²) in [6.07, 6.45) is 1.95. The number of carbonyl (C=O) groups is 1. The van der Waals surface area contributed by atoms with Crippen LogP contribution in [0.2, 0.25) is 0 Å². The van der Waals surface area contributed by atoms with E-state index in [0.29, 0.717) is 11.7 Å². The third-order valence-corrected chi connectivity index (χ3v) is 3.79. The standard InChI is InChI=1S/C10H18O2S/c1-10(2,12-3)5-4-8-6-13-7-9(8)11/h8H,4-7H2,1-3H3. The van der Waals surface area contributed by atoms with Crippen molar-refractivity contribution in [3.05, 3.63) is 0 Å². The molecule has 0 amide bonds. The van der Waals surface area contributed by atoms with Gasteiger partial charge in [-0.15, -0.1) is 0 Å². The van der Waals surface area contributed by atoms with Gasteiger partial charge in [0, 0.05) is 18.8 Å². The van der Waals surface area contributed by atoms with Gasteiger partial charge >= 0.3 is 0 Å². The summed E-state index contributed by atoms with van der Waals surface area (Å²) in [6.45, 7) is 4.14. The van der Waals surface area contributed by atoms with Crippen LogP contribution in [0, 0.1) is 5.92 Å². The number of rotatable bonds is 4. The molecule has 1 aliphatic rings. The molecule has 3 heteroatoms. The summed E-state index contributed by atoms with van der Waals surface area (Å²) >= 11 is 1.76. The van der Waals surface area contributed by atoms with Gasteiger partial charge in [0.05, 0.1) is 11.4 Å². The first-order valence-corrected chi connectivity index (χ1v) is 5.86. The van der Waals surface area contributed by atoms with E-state index in [-0.39, 0.29) is 5.60 Å². The van der Waals surface area contributed by atoms with Crippen molar-refractivity contribution in [2.45, 2.75) is 32.3 Å². The summed E-state index contributed by atoms with van der Waals surface area (Å²) in [7, 11) is 1.73. The van der Waals surface area contributed by atoms with E-state index in [4.69, 9.17) is 4.74 Å². The Morgan fingerprint density at radius 1 is 1.62 bits per heavy atom. The van der Waals surface area contributed by atoms with Crippen molar-refractivity contribution >= 4 is 17.5 Å². The first-order valence-electron chi connectivity index (χ1n) is 4.71. The van der Waals surface area contributed by atoms with Gasteiger partial charge in [0.15, 0.2) is 0 Å². The van der Waals surface area contributed by atoms with E-state index < -0.39 is 0 Å². The number of hydrogen-bond acceptors (Lipinski definition) is 3. The molecule has 0 aromatic heterocycles. The molecule has 1 rings (SSSR count). The molecule has 1 heterocycles. The number of ketones is 1. The largest absolute Gasteiger partial charge is 0.379 e. The van der Waals surface area contributed by atoms with E-state index in [1.807, 2.05) is 0 Å². The Morgan fingerprint density at radius 2 is 2.31 bits per heavy atom. The molecule has 0 spiro atoms. The van der Waals surface area contributed by atoms with Crippen LogP contribution in [0.3, 0.4) is 0 Å². The van der Waals surface area contributed by atoms with Gasteiger partial charge in [-0.05, 0) is 26.7 Å². The molecule has 76 valence electrons. The SMILES string of the molecule is COC(C)(C)CCC1CSCC1=O. The number of thioether (sulfide) groups is 1. The number of carbonyl (C=O) groups excluding carboxylic acids is 1. The van der Waals surface area contributed by atoms with Crippen LogP contribution >= 0.6 is 11.8 Å². The lowest BCUT2D eigenvalue weighted by molar-refractivity contribution is -0.119. The van der Waals surface area contributed by atoms with E-state index in [0.717, 1.165) is 24.3 Å². The van der Waals surface area contributed by atoms with E-state index in [1.165, 1.54) is 0 Å². The highest BCUT2D eigenvalue weighted by Crippen LogP contribution is 2.27. The maximum atomic E-state index is 11.3. The lowest BCUT2D eigenvalue weighted by Gasteiger charge is -2.23. The zero-order valence-corrected chi connectivity index (χ0v) is 9.45. The molecule has 1 saturated heterocycles. The summed E-state index contributed by atoms with van der Waals surface area (Å²) in [6, 6.07) is 0. The molecule has 0 aromatic carbocycles. The summed E-state index contributed by atoms with van der Waals surface area (Å²) in [5.74, 6) is 2.45.